The molecule has 2 rings (SSSR count). The molecule has 0 radical (unpaired) electrons. The van der Waals surface area contributed by atoms with Gasteiger partial charge in [0.05, 0.1) is 0 Å². The van der Waals surface area contributed by atoms with Crippen molar-refractivity contribution in [2.45, 2.75) is 51.4 Å². The normalized spacial score (nSPS) is 35.4. The van der Waals surface area contributed by atoms with Crippen LogP contribution >= 0.6 is 0 Å². The standard InChI is InChI=1S/C11H16O2/c12-9-5-7-11(8-9)6-3-1-2-4-10(11)13/h1-8H2. The minimum atomic E-state index is -0.201. The van der Waals surface area contributed by atoms with Crippen LogP contribution in [0.1, 0.15) is 51.4 Å². The van der Waals surface area contributed by atoms with E-state index < -0.39 is 0 Å². The van der Waals surface area contributed by atoms with E-state index in [0.717, 1.165) is 25.7 Å². The lowest BCUT2D eigenvalue weighted by atomic mass is 9.78. The van der Waals surface area contributed by atoms with Crippen LogP contribution in [0.4, 0.5) is 0 Å². The third-order valence-corrected chi connectivity index (χ3v) is 3.57. The van der Waals surface area contributed by atoms with Gasteiger partial charge in [0.25, 0.3) is 0 Å². The zero-order valence-corrected chi connectivity index (χ0v) is 7.97. The summed E-state index contributed by atoms with van der Waals surface area (Å²) < 4.78 is 0. The lowest BCUT2D eigenvalue weighted by Gasteiger charge is -2.23. The Hall–Kier alpha value is -0.660. The SMILES string of the molecule is O=C1CCC2(CCCCCC2=O)C1. The van der Waals surface area contributed by atoms with E-state index in [0.29, 0.717) is 30.8 Å². The van der Waals surface area contributed by atoms with Gasteiger partial charge in [0, 0.05) is 24.7 Å². The molecule has 2 saturated carbocycles. The maximum Gasteiger partial charge on any atom is 0.139 e. The van der Waals surface area contributed by atoms with Crippen LogP contribution in [0.15, 0.2) is 0 Å². The zero-order valence-electron chi connectivity index (χ0n) is 7.97. The van der Waals surface area contributed by atoms with E-state index in [1.807, 2.05) is 0 Å². The van der Waals surface area contributed by atoms with Gasteiger partial charge in [-0.15, -0.1) is 0 Å². The molecule has 72 valence electrons. The van der Waals surface area contributed by atoms with Gasteiger partial charge in [0.1, 0.15) is 11.6 Å². The van der Waals surface area contributed by atoms with Crippen molar-refractivity contribution in [3.8, 4) is 0 Å². The second-order valence-corrected chi connectivity index (χ2v) is 4.48. The minimum Gasteiger partial charge on any atom is -0.300 e. The van der Waals surface area contributed by atoms with E-state index in [9.17, 15) is 9.59 Å². The molecule has 2 nitrogen and oxygen atoms in total. The van der Waals surface area contributed by atoms with Crippen LogP contribution in [0.3, 0.4) is 0 Å². The lowest BCUT2D eigenvalue weighted by Crippen LogP contribution is -2.27. The van der Waals surface area contributed by atoms with Gasteiger partial charge >= 0.3 is 0 Å². The third-order valence-electron chi connectivity index (χ3n) is 3.57. The molecule has 0 saturated heterocycles. The first-order valence-corrected chi connectivity index (χ1v) is 5.28. The first-order valence-electron chi connectivity index (χ1n) is 5.28. The number of hydrogen-bond donors (Lipinski definition) is 0. The molecule has 1 atom stereocenters. The predicted octanol–water partition coefficient (Wildman–Crippen LogP) is 2.26. The Labute approximate surface area is 78.7 Å². The first kappa shape index (κ1) is 8.92. The molecule has 2 fully saturated rings. The van der Waals surface area contributed by atoms with Crippen LogP contribution in [0.25, 0.3) is 0 Å². The molecule has 0 aromatic carbocycles. The fraction of sp³-hybridized carbons (Fsp3) is 0.818. The number of hydrogen-bond acceptors (Lipinski definition) is 2. The summed E-state index contributed by atoms with van der Waals surface area (Å²) in [5.41, 5.74) is -0.201. The van der Waals surface area contributed by atoms with Gasteiger partial charge < -0.3 is 0 Å². The van der Waals surface area contributed by atoms with E-state index in [2.05, 4.69) is 0 Å². The summed E-state index contributed by atoms with van der Waals surface area (Å²) in [5.74, 6) is 0.672. The van der Waals surface area contributed by atoms with Crippen LogP contribution in [0.2, 0.25) is 0 Å². The maximum absolute atomic E-state index is 11.8. The molecule has 0 aromatic heterocycles. The highest BCUT2D eigenvalue weighted by atomic mass is 16.1. The highest BCUT2D eigenvalue weighted by Gasteiger charge is 2.44. The smallest absolute Gasteiger partial charge is 0.139 e. The van der Waals surface area contributed by atoms with Crippen molar-refractivity contribution in [3.05, 3.63) is 0 Å². The predicted molar refractivity (Wildman–Crippen MR) is 49.4 cm³/mol. The van der Waals surface area contributed by atoms with Crippen molar-refractivity contribution < 1.29 is 9.59 Å². The highest BCUT2D eigenvalue weighted by Crippen LogP contribution is 2.44. The van der Waals surface area contributed by atoms with Gasteiger partial charge in [-0.3, -0.25) is 9.59 Å². The van der Waals surface area contributed by atoms with Gasteiger partial charge in [0.2, 0.25) is 0 Å². The van der Waals surface area contributed by atoms with Crippen LogP contribution in [-0.4, -0.2) is 11.6 Å². The number of Topliss-reactive ketones (excluding diaryl/α,β-unsaturated/α-hetero) is 2. The van der Waals surface area contributed by atoms with Crippen molar-refractivity contribution in [1.82, 2.24) is 0 Å². The van der Waals surface area contributed by atoms with E-state index in [-0.39, 0.29) is 5.41 Å². The summed E-state index contributed by atoms with van der Waals surface area (Å²) in [5, 5.41) is 0. The first-order chi connectivity index (χ1) is 6.23. The van der Waals surface area contributed by atoms with Crippen molar-refractivity contribution in [2.24, 2.45) is 5.41 Å². The summed E-state index contributed by atoms with van der Waals surface area (Å²) in [4.78, 5) is 23.1. The minimum absolute atomic E-state index is 0.201. The Morgan fingerprint density at radius 3 is 2.46 bits per heavy atom. The number of carbonyl (C=O) groups is 2. The Balaban J connectivity index is 2.18. The highest BCUT2D eigenvalue weighted by molar-refractivity contribution is 5.94. The molecule has 0 N–H and O–H groups in total. The second kappa shape index (κ2) is 3.24. The lowest BCUT2D eigenvalue weighted by molar-refractivity contribution is -0.130. The van der Waals surface area contributed by atoms with E-state index in [1.54, 1.807) is 0 Å². The van der Waals surface area contributed by atoms with Gasteiger partial charge in [-0.1, -0.05) is 12.8 Å². The third kappa shape index (κ3) is 1.54. The summed E-state index contributed by atoms with van der Waals surface area (Å²) in [6, 6.07) is 0. The van der Waals surface area contributed by atoms with Crippen molar-refractivity contribution in [1.29, 1.82) is 0 Å². The van der Waals surface area contributed by atoms with Crippen LogP contribution in [-0.2, 0) is 9.59 Å². The molecule has 0 heterocycles. The van der Waals surface area contributed by atoms with E-state index in [4.69, 9.17) is 0 Å². The summed E-state index contributed by atoms with van der Waals surface area (Å²) >= 11 is 0. The van der Waals surface area contributed by atoms with Crippen LogP contribution < -0.4 is 0 Å². The average Bonchev–Trinajstić information content (AvgIpc) is 2.38. The second-order valence-electron chi connectivity index (χ2n) is 4.48. The van der Waals surface area contributed by atoms with Gasteiger partial charge in [-0.05, 0) is 19.3 Å². The van der Waals surface area contributed by atoms with Crippen LogP contribution in [0, 0.1) is 5.41 Å². The largest absolute Gasteiger partial charge is 0.300 e. The Morgan fingerprint density at radius 2 is 1.77 bits per heavy atom. The molecule has 0 amide bonds. The molecule has 2 aliphatic rings. The Morgan fingerprint density at radius 1 is 0.923 bits per heavy atom. The van der Waals surface area contributed by atoms with Crippen molar-refractivity contribution in [3.63, 3.8) is 0 Å². The molecule has 1 spiro atoms. The topological polar surface area (TPSA) is 34.1 Å². The van der Waals surface area contributed by atoms with Crippen molar-refractivity contribution in [2.75, 3.05) is 0 Å². The molecule has 1 unspecified atom stereocenters. The van der Waals surface area contributed by atoms with Gasteiger partial charge in [0.15, 0.2) is 0 Å². The average molecular weight is 180 g/mol. The molecule has 0 bridgehead atoms. The molecule has 2 aliphatic carbocycles. The van der Waals surface area contributed by atoms with Crippen LogP contribution in [0.5, 0.6) is 0 Å². The summed E-state index contributed by atoms with van der Waals surface area (Å²) in [6.07, 6.45) is 7.06. The number of rotatable bonds is 0. The summed E-state index contributed by atoms with van der Waals surface area (Å²) in [6.45, 7) is 0. The Kier molecular flexibility index (Phi) is 2.22. The van der Waals surface area contributed by atoms with Crippen molar-refractivity contribution >= 4 is 11.6 Å². The van der Waals surface area contributed by atoms with E-state index in [1.165, 1.54) is 6.42 Å². The molecular weight excluding hydrogens is 164 g/mol. The number of ketones is 2. The molecule has 2 heteroatoms. The molecule has 0 aromatic rings. The molecular formula is C11H16O2. The maximum atomic E-state index is 11.8. The Bertz CT molecular complexity index is 244. The molecule has 13 heavy (non-hydrogen) atoms. The monoisotopic (exact) mass is 180 g/mol. The van der Waals surface area contributed by atoms with Gasteiger partial charge in [-0.25, -0.2) is 0 Å². The molecule has 0 aliphatic heterocycles. The zero-order chi connectivity index (χ0) is 9.31. The summed E-state index contributed by atoms with van der Waals surface area (Å²) in [7, 11) is 0. The van der Waals surface area contributed by atoms with E-state index >= 15 is 0 Å². The quantitative estimate of drug-likeness (QED) is 0.573. The number of carbonyl (C=O) groups excluding carboxylic acids is 2. The fourth-order valence-corrected chi connectivity index (χ4v) is 2.71. The fourth-order valence-electron chi connectivity index (χ4n) is 2.71. The van der Waals surface area contributed by atoms with Gasteiger partial charge in [-0.2, -0.15) is 0 Å².